The summed E-state index contributed by atoms with van der Waals surface area (Å²) in [5, 5.41) is 10.8. The van der Waals surface area contributed by atoms with Crippen molar-refractivity contribution in [2.45, 2.75) is 26.0 Å². The molecule has 1 N–H and O–H groups in total. The van der Waals surface area contributed by atoms with Gasteiger partial charge in [-0.1, -0.05) is 42.8 Å². The lowest BCUT2D eigenvalue weighted by Gasteiger charge is -2.13. The van der Waals surface area contributed by atoms with E-state index < -0.39 is 6.10 Å². The molecule has 0 spiro atoms. The summed E-state index contributed by atoms with van der Waals surface area (Å²) in [4.78, 5) is 4.56. The average molecular weight is 331 g/mol. The molecule has 2 aromatic carbocycles. The van der Waals surface area contributed by atoms with Crippen molar-refractivity contribution in [1.82, 2.24) is 9.55 Å². The van der Waals surface area contributed by atoms with E-state index in [-0.39, 0.29) is 0 Å². The number of imidazole rings is 1. The molecule has 1 heterocycles. The van der Waals surface area contributed by atoms with Crippen molar-refractivity contribution in [1.29, 1.82) is 0 Å². The van der Waals surface area contributed by atoms with Crippen molar-refractivity contribution in [3.63, 3.8) is 0 Å². The minimum Gasteiger partial charge on any atom is -0.490 e. The van der Waals surface area contributed by atoms with E-state index in [0.717, 1.165) is 11.0 Å². The minimum absolute atomic E-state index is 0.452. The van der Waals surface area contributed by atoms with E-state index in [9.17, 15) is 5.11 Å². The molecule has 0 radical (unpaired) electrons. The van der Waals surface area contributed by atoms with E-state index in [1.54, 1.807) is 6.07 Å². The Labute approximate surface area is 140 Å². The van der Waals surface area contributed by atoms with Gasteiger partial charge < -0.3 is 14.4 Å². The molecule has 0 aliphatic carbocycles. The minimum atomic E-state index is -0.581. The lowest BCUT2D eigenvalue weighted by molar-refractivity contribution is 0.157. The topological polar surface area (TPSA) is 47.3 Å². The van der Waals surface area contributed by atoms with Gasteiger partial charge >= 0.3 is 0 Å². The van der Waals surface area contributed by atoms with E-state index in [4.69, 9.17) is 16.3 Å². The molecule has 23 heavy (non-hydrogen) atoms. The van der Waals surface area contributed by atoms with Gasteiger partial charge in [0.15, 0.2) is 0 Å². The van der Waals surface area contributed by atoms with Gasteiger partial charge in [-0.25, -0.2) is 4.98 Å². The third kappa shape index (κ3) is 3.33. The van der Waals surface area contributed by atoms with E-state index in [0.29, 0.717) is 36.2 Å². The van der Waals surface area contributed by atoms with Crippen LogP contribution in [0.1, 0.15) is 25.3 Å². The predicted molar refractivity (Wildman–Crippen MR) is 91.9 cm³/mol. The summed E-state index contributed by atoms with van der Waals surface area (Å²) in [6.07, 6.45) is 0.0389. The Kier molecular flexibility index (Phi) is 4.84. The summed E-state index contributed by atoms with van der Waals surface area (Å²) in [6, 6.07) is 15.3. The zero-order valence-corrected chi connectivity index (χ0v) is 13.7. The predicted octanol–water partition coefficient (Wildman–Crippen LogP) is 4.21. The van der Waals surface area contributed by atoms with Crippen LogP contribution in [0.25, 0.3) is 11.0 Å². The Morgan fingerprint density at radius 1 is 1.17 bits per heavy atom. The summed E-state index contributed by atoms with van der Waals surface area (Å²) in [6.45, 7) is 2.99. The Morgan fingerprint density at radius 3 is 2.70 bits per heavy atom. The summed E-state index contributed by atoms with van der Waals surface area (Å²) in [5.74, 6) is 1.34. The van der Waals surface area contributed by atoms with Crippen molar-refractivity contribution in [3.05, 3.63) is 59.4 Å². The molecule has 0 saturated heterocycles. The lowest BCUT2D eigenvalue weighted by Crippen LogP contribution is -2.13. The number of para-hydroxylation sites is 3. The van der Waals surface area contributed by atoms with Crippen LogP contribution in [0.3, 0.4) is 0 Å². The first-order chi connectivity index (χ1) is 11.2. The van der Waals surface area contributed by atoms with Gasteiger partial charge in [0.05, 0.1) is 22.6 Å². The zero-order chi connectivity index (χ0) is 16.2. The van der Waals surface area contributed by atoms with E-state index in [2.05, 4.69) is 4.98 Å². The van der Waals surface area contributed by atoms with Crippen LogP contribution in [0.5, 0.6) is 5.75 Å². The molecule has 0 amide bonds. The molecule has 0 aliphatic heterocycles. The molecule has 5 heteroatoms. The second-order valence-electron chi connectivity index (χ2n) is 5.31. The van der Waals surface area contributed by atoms with E-state index in [1.165, 1.54) is 0 Å². The highest BCUT2D eigenvalue weighted by Crippen LogP contribution is 2.25. The first-order valence-corrected chi connectivity index (χ1v) is 8.09. The van der Waals surface area contributed by atoms with Gasteiger partial charge in [0.2, 0.25) is 0 Å². The smallest absolute Gasteiger partial charge is 0.138 e. The number of hydrogen-bond acceptors (Lipinski definition) is 3. The third-order valence-electron chi connectivity index (χ3n) is 3.78. The summed E-state index contributed by atoms with van der Waals surface area (Å²) in [7, 11) is 0. The van der Waals surface area contributed by atoms with Crippen molar-refractivity contribution in [3.8, 4) is 5.75 Å². The second kappa shape index (κ2) is 7.02. The quantitative estimate of drug-likeness (QED) is 0.736. The first-order valence-electron chi connectivity index (χ1n) is 7.71. The Balaban J connectivity index is 1.82. The maximum atomic E-state index is 10.2. The molecular weight excluding hydrogens is 312 g/mol. The van der Waals surface area contributed by atoms with Gasteiger partial charge in [-0.05, 0) is 30.7 Å². The molecule has 1 unspecified atom stereocenters. The van der Waals surface area contributed by atoms with Crippen molar-refractivity contribution in [2.75, 3.05) is 6.61 Å². The maximum Gasteiger partial charge on any atom is 0.138 e. The number of ether oxygens (including phenoxy) is 1. The molecule has 3 rings (SSSR count). The van der Waals surface area contributed by atoms with Gasteiger partial charge in [0.25, 0.3) is 0 Å². The standard InChI is InChI=1S/C18H19ClN2O2/c1-2-16(22)18-20-14-8-4-5-9-15(14)21(18)11-12-23-17-10-6-3-7-13(17)19/h3-10,16,22H,2,11-12H2,1H3. The Morgan fingerprint density at radius 2 is 1.91 bits per heavy atom. The Bertz CT molecular complexity index is 801. The number of rotatable bonds is 6. The average Bonchev–Trinajstić information content (AvgIpc) is 2.95. The molecule has 0 saturated carbocycles. The van der Waals surface area contributed by atoms with Crippen LogP contribution < -0.4 is 4.74 Å². The fourth-order valence-electron chi connectivity index (χ4n) is 2.57. The molecule has 0 bridgehead atoms. The number of halogens is 1. The molecule has 3 aromatic rings. The molecule has 4 nitrogen and oxygen atoms in total. The monoisotopic (exact) mass is 330 g/mol. The molecular formula is C18H19ClN2O2. The van der Waals surface area contributed by atoms with Crippen molar-refractivity contribution < 1.29 is 9.84 Å². The van der Waals surface area contributed by atoms with Crippen LogP contribution in [0.2, 0.25) is 5.02 Å². The van der Waals surface area contributed by atoms with Crippen LogP contribution >= 0.6 is 11.6 Å². The van der Waals surface area contributed by atoms with Crippen LogP contribution in [-0.4, -0.2) is 21.3 Å². The summed E-state index contributed by atoms with van der Waals surface area (Å²) >= 11 is 6.10. The van der Waals surface area contributed by atoms with Crippen LogP contribution in [0.4, 0.5) is 0 Å². The number of nitrogens with zero attached hydrogens (tertiary/aromatic N) is 2. The second-order valence-corrected chi connectivity index (χ2v) is 5.72. The van der Waals surface area contributed by atoms with Crippen LogP contribution in [0, 0.1) is 0 Å². The highest BCUT2D eigenvalue weighted by atomic mass is 35.5. The molecule has 1 aromatic heterocycles. The van der Waals surface area contributed by atoms with Crippen molar-refractivity contribution >= 4 is 22.6 Å². The number of benzene rings is 2. The summed E-state index contributed by atoms with van der Waals surface area (Å²) < 4.78 is 7.78. The van der Waals surface area contributed by atoms with Crippen LogP contribution in [0.15, 0.2) is 48.5 Å². The SMILES string of the molecule is CCC(O)c1nc2ccccc2n1CCOc1ccccc1Cl. The van der Waals surface area contributed by atoms with Gasteiger partial charge in [0, 0.05) is 0 Å². The van der Waals surface area contributed by atoms with Gasteiger partial charge in [-0.3, -0.25) is 0 Å². The third-order valence-corrected chi connectivity index (χ3v) is 4.09. The van der Waals surface area contributed by atoms with Crippen LogP contribution in [-0.2, 0) is 6.54 Å². The normalized spacial score (nSPS) is 12.5. The van der Waals surface area contributed by atoms with Gasteiger partial charge in [-0.15, -0.1) is 0 Å². The number of fused-ring (bicyclic) bond motifs is 1. The molecule has 1 atom stereocenters. The molecule has 120 valence electrons. The Hall–Kier alpha value is -2.04. The fraction of sp³-hybridized carbons (Fsp3) is 0.278. The van der Waals surface area contributed by atoms with Gasteiger partial charge in [0.1, 0.15) is 24.3 Å². The molecule has 0 fully saturated rings. The van der Waals surface area contributed by atoms with E-state index >= 15 is 0 Å². The largest absolute Gasteiger partial charge is 0.490 e. The van der Waals surface area contributed by atoms with E-state index in [1.807, 2.05) is 54.0 Å². The van der Waals surface area contributed by atoms with Gasteiger partial charge in [-0.2, -0.15) is 0 Å². The first kappa shape index (κ1) is 15.8. The lowest BCUT2D eigenvalue weighted by atomic mass is 10.2. The highest BCUT2D eigenvalue weighted by Gasteiger charge is 2.16. The maximum absolute atomic E-state index is 10.2. The number of hydrogen-bond donors (Lipinski definition) is 1. The zero-order valence-electron chi connectivity index (χ0n) is 12.9. The van der Waals surface area contributed by atoms with Crippen molar-refractivity contribution in [2.24, 2.45) is 0 Å². The summed E-state index contributed by atoms with van der Waals surface area (Å²) in [5.41, 5.74) is 1.88. The number of aliphatic hydroxyl groups is 1. The number of aliphatic hydroxyl groups excluding tert-OH is 1. The fourth-order valence-corrected chi connectivity index (χ4v) is 2.77. The molecule has 0 aliphatic rings. The highest BCUT2D eigenvalue weighted by molar-refractivity contribution is 6.32. The number of aromatic nitrogens is 2.